The molecule has 25 heteroatoms. The lowest BCUT2D eigenvalue weighted by Gasteiger charge is -2.22. The van der Waals surface area contributed by atoms with Gasteiger partial charge in [-0.15, -0.1) is 0 Å². The fourth-order valence-electron chi connectivity index (χ4n) is 5.71. The van der Waals surface area contributed by atoms with Crippen LogP contribution < -0.4 is 53.6 Å². The molecular weight excluding hydrogens is 869 g/mol. The molecule has 1 heterocycles. The van der Waals surface area contributed by atoms with Crippen molar-refractivity contribution in [3.05, 3.63) is 83.9 Å². The fraction of sp³-hybridized carbons (Fsp3) is 0.390. The summed E-state index contributed by atoms with van der Waals surface area (Å²) >= 11 is 0. The predicted octanol–water partition coefficient (Wildman–Crippen LogP) is -5.52. The number of benzene rings is 2. The third-order valence-electron chi connectivity index (χ3n) is 9.27. The number of aliphatic hydroxyl groups excluding tert-OH is 1. The number of aliphatic hydroxyl groups is 1. The van der Waals surface area contributed by atoms with Gasteiger partial charge in [-0.25, -0.2) is 9.78 Å². The van der Waals surface area contributed by atoms with Gasteiger partial charge in [0.25, 0.3) is 0 Å². The number of H-pyrrole nitrogens is 1. The molecule has 0 unspecified atom stereocenters. The Hall–Kier alpha value is -7.93. The van der Waals surface area contributed by atoms with Gasteiger partial charge in [-0.1, -0.05) is 42.5 Å². The molecule has 356 valence electrons. The van der Waals surface area contributed by atoms with E-state index in [1.165, 1.54) is 50.6 Å². The van der Waals surface area contributed by atoms with E-state index in [1.807, 2.05) is 5.32 Å². The van der Waals surface area contributed by atoms with Crippen LogP contribution in [0.25, 0.3) is 0 Å². The van der Waals surface area contributed by atoms with Crippen LogP contribution in [0.5, 0.6) is 5.75 Å². The first-order chi connectivity index (χ1) is 31.3. The van der Waals surface area contributed by atoms with Crippen molar-refractivity contribution in [1.29, 1.82) is 0 Å². The Morgan fingerprint density at radius 3 is 1.56 bits per heavy atom. The van der Waals surface area contributed by atoms with E-state index in [0.29, 0.717) is 16.8 Å². The Kier molecular flexibility index (Phi) is 21.2. The Bertz CT molecular complexity index is 2160. The lowest BCUT2D eigenvalue weighted by atomic mass is 10.0. The number of phenolic OH excluding ortho intramolecular Hbond substituents is 1. The van der Waals surface area contributed by atoms with Gasteiger partial charge in [-0.3, -0.25) is 43.2 Å². The smallest absolute Gasteiger partial charge is 0.328 e. The van der Waals surface area contributed by atoms with Crippen molar-refractivity contribution in [3.63, 3.8) is 0 Å². The number of nitrogens with two attached hydrogens (primary N) is 1. The minimum Gasteiger partial charge on any atom is -0.508 e. The number of rotatable bonds is 26. The summed E-state index contributed by atoms with van der Waals surface area (Å²) in [5, 5.41) is 49.1. The van der Waals surface area contributed by atoms with Gasteiger partial charge < -0.3 is 73.9 Å². The van der Waals surface area contributed by atoms with Crippen molar-refractivity contribution in [3.8, 4) is 5.75 Å². The highest BCUT2D eigenvalue weighted by Crippen LogP contribution is 2.12. The van der Waals surface area contributed by atoms with Gasteiger partial charge in [0.15, 0.2) is 0 Å². The number of carboxylic acids is 1. The molecular formula is C41H54N12O13. The summed E-state index contributed by atoms with van der Waals surface area (Å²) in [6.07, 6.45) is 2.64. The number of carbonyl (C=O) groups is 10. The average Bonchev–Trinajstić information content (AvgIpc) is 3.81. The number of imidazole rings is 1. The Balaban J connectivity index is 1.57. The first-order valence-corrected chi connectivity index (χ1v) is 20.3. The number of hydrogen-bond acceptors (Lipinski definition) is 14. The molecule has 0 aliphatic heterocycles. The number of phenols is 1. The van der Waals surface area contributed by atoms with E-state index >= 15 is 0 Å². The van der Waals surface area contributed by atoms with Gasteiger partial charge in [0, 0.05) is 31.2 Å². The zero-order valence-corrected chi connectivity index (χ0v) is 35.9. The molecule has 3 aromatic rings. The van der Waals surface area contributed by atoms with E-state index in [2.05, 4.69) is 52.5 Å². The maximum Gasteiger partial charge on any atom is 0.328 e. The fourth-order valence-corrected chi connectivity index (χ4v) is 5.71. The van der Waals surface area contributed by atoms with Gasteiger partial charge in [-0.05, 0) is 37.1 Å². The molecule has 0 spiro atoms. The highest BCUT2D eigenvalue weighted by molar-refractivity contribution is 5.96. The Morgan fingerprint density at radius 2 is 1.05 bits per heavy atom. The lowest BCUT2D eigenvalue weighted by Crippen LogP contribution is -2.56. The lowest BCUT2D eigenvalue weighted by molar-refractivity contribution is -0.143. The molecule has 1 aromatic heterocycles. The van der Waals surface area contributed by atoms with Crippen molar-refractivity contribution < 1.29 is 63.3 Å². The number of aromatic nitrogens is 2. The number of carbonyl (C=O) groups excluding carboxylic acids is 9. The number of carboxylic acid groups (broad SMARTS) is 1. The molecule has 0 aliphatic rings. The van der Waals surface area contributed by atoms with E-state index < -0.39 is 128 Å². The minimum absolute atomic E-state index is 0.00309. The summed E-state index contributed by atoms with van der Waals surface area (Å²) in [4.78, 5) is 133. The van der Waals surface area contributed by atoms with Gasteiger partial charge in [-0.2, -0.15) is 0 Å². The Labute approximate surface area is 377 Å². The molecule has 15 N–H and O–H groups in total. The van der Waals surface area contributed by atoms with Gasteiger partial charge in [0.1, 0.15) is 36.0 Å². The maximum absolute atomic E-state index is 13.4. The zero-order chi connectivity index (χ0) is 48.8. The van der Waals surface area contributed by atoms with Crippen LogP contribution in [0.1, 0.15) is 30.7 Å². The second-order valence-electron chi connectivity index (χ2n) is 14.7. The molecule has 3 rings (SSSR count). The highest BCUT2D eigenvalue weighted by atomic mass is 16.4. The van der Waals surface area contributed by atoms with Crippen molar-refractivity contribution in [2.75, 3.05) is 32.8 Å². The third-order valence-corrected chi connectivity index (χ3v) is 9.27. The van der Waals surface area contributed by atoms with E-state index in [9.17, 15) is 53.1 Å². The summed E-state index contributed by atoms with van der Waals surface area (Å²) < 4.78 is 0. The number of hydrogen-bond donors (Lipinski definition) is 14. The van der Waals surface area contributed by atoms with E-state index in [1.54, 1.807) is 30.3 Å². The monoisotopic (exact) mass is 922 g/mol. The molecule has 2 aromatic carbocycles. The first kappa shape index (κ1) is 52.4. The number of amides is 9. The van der Waals surface area contributed by atoms with Crippen LogP contribution in [0.4, 0.5) is 0 Å². The molecule has 0 bridgehead atoms. The number of nitrogens with one attached hydrogen (secondary N) is 10. The molecule has 0 saturated carbocycles. The topological polar surface area (TPSA) is 394 Å². The number of aromatic amines is 1. The second-order valence-corrected chi connectivity index (χ2v) is 14.7. The van der Waals surface area contributed by atoms with Crippen molar-refractivity contribution in [2.45, 2.75) is 69.4 Å². The van der Waals surface area contributed by atoms with Crippen molar-refractivity contribution in [1.82, 2.24) is 57.8 Å². The third kappa shape index (κ3) is 18.8. The van der Waals surface area contributed by atoms with Gasteiger partial charge in [0.05, 0.1) is 45.2 Å². The zero-order valence-electron chi connectivity index (χ0n) is 35.9. The van der Waals surface area contributed by atoms with Gasteiger partial charge >= 0.3 is 5.97 Å². The van der Waals surface area contributed by atoms with Crippen LogP contribution in [-0.2, 0) is 67.2 Å². The maximum atomic E-state index is 13.4. The number of aromatic hydroxyl groups is 1. The molecule has 66 heavy (non-hydrogen) atoms. The standard InChI is InChI=1S/C41H54N12O13/c1-22(42)36(60)52-30(14-26-15-43-21-48-26)40(64)45-16-32(56)44-17-34(58)50-28(13-25-8-10-27(55)11-9-25)38(62)46-18-33(57)49-23(2)37(61)53-29(12-24-6-4-3-5-7-24)39(63)47-19-35(59)51-31(20-54)41(65)66/h3-11,15,21-23,28-31,54-55H,12-14,16-20,42H2,1-2H3,(H,43,48)(H,44,56)(H,45,64)(H,46,62)(H,47,63)(H,49,57)(H,50,58)(H,51,59)(H,52,60)(H,53,61)(H,65,66)/t22-,23-,28-,29-,30-,31-/m0/s1. The SMILES string of the molecule is C[C@H](N)C(=O)N[C@@H](Cc1cnc[nH]1)C(=O)NCC(=O)NCC(=O)N[C@@H](Cc1ccc(O)cc1)C(=O)NCC(=O)N[C@@H](C)C(=O)N[C@@H](Cc1ccccc1)C(=O)NCC(=O)N[C@@H](CO)C(=O)O. The number of nitrogens with zero attached hydrogens (tertiary/aromatic N) is 1. The molecule has 0 fully saturated rings. The van der Waals surface area contributed by atoms with Crippen LogP contribution in [0, 0.1) is 0 Å². The summed E-state index contributed by atoms with van der Waals surface area (Å²) in [5.41, 5.74) is 7.23. The average molecular weight is 923 g/mol. The van der Waals surface area contributed by atoms with Crippen LogP contribution in [0.2, 0.25) is 0 Å². The Morgan fingerprint density at radius 1 is 0.576 bits per heavy atom. The molecule has 0 aliphatic carbocycles. The minimum atomic E-state index is -1.61. The van der Waals surface area contributed by atoms with E-state index in [0.717, 1.165) is 0 Å². The number of aliphatic carboxylic acids is 1. The quantitative estimate of drug-likeness (QED) is 0.0357. The van der Waals surface area contributed by atoms with E-state index in [4.69, 9.17) is 15.9 Å². The van der Waals surface area contributed by atoms with Crippen LogP contribution in [0.15, 0.2) is 67.1 Å². The molecule has 9 amide bonds. The summed E-state index contributed by atoms with van der Waals surface area (Å²) in [6.45, 7) is -0.782. The van der Waals surface area contributed by atoms with Crippen LogP contribution >= 0.6 is 0 Å². The second kappa shape index (κ2) is 26.6. The first-order valence-electron chi connectivity index (χ1n) is 20.3. The molecule has 6 atom stereocenters. The summed E-state index contributed by atoms with van der Waals surface area (Å²) in [5.74, 6) is -8.82. The van der Waals surface area contributed by atoms with Crippen LogP contribution in [0.3, 0.4) is 0 Å². The van der Waals surface area contributed by atoms with Gasteiger partial charge in [0.2, 0.25) is 53.2 Å². The normalized spacial score (nSPS) is 13.4. The summed E-state index contributed by atoms with van der Waals surface area (Å²) in [6, 6.07) is 6.60. The molecule has 0 radical (unpaired) electrons. The summed E-state index contributed by atoms with van der Waals surface area (Å²) in [7, 11) is 0. The van der Waals surface area contributed by atoms with Crippen molar-refractivity contribution in [2.24, 2.45) is 5.73 Å². The molecule has 25 nitrogen and oxygen atoms in total. The highest BCUT2D eigenvalue weighted by Gasteiger charge is 2.28. The van der Waals surface area contributed by atoms with Crippen LogP contribution in [-0.4, -0.2) is 153 Å². The van der Waals surface area contributed by atoms with Crippen molar-refractivity contribution >= 4 is 59.1 Å². The molecule has 0 saturated heterocycles. The predicted molar refractivity (Wildman–Crippen MR) is 230 cm³/mol. The van der Waals surface area contributed by atoms with E-state index in [-0.39, 0.29) is 25.0 Å². The largest absolute Gasteiger partial charge is 0.508 e.